The highest BCUT2D eigenvalue weighted by Crippen LogP contribution is 2.60. The predicted molar refractivity (Wildman–Crippen MR) is 341 cm³/mol. The molecular formula is C77H80O6S. The van der Waals surface area contributed by atoms with Gasteiger partial charge in [-0.25, -0.2) is 8.42 Å². The van der Waals surface area contributed by atoms with Crippen LogP contribution >= 0.6 is 0 Å². The first-order valence-corrected chi connectivity index (χ1v) is 31.6. The van der Waals surface area contributed by atoms with Gasteiger partial charge >= 0.3 is 0 Å². The third-order valence-corrected chi connectivity index (χ3v) is 20.6. The number of rotatable bonds is 20. The van der Waals surface area contributed by atoms with E-state index in [1.165, 1.54) is 55.6 Å². The molecule has 0 aromatic heterocycles. The van der Waals surface area contributed by atoms with Gasteiger partial charge in [0.2, 0.25) is 9.84 Å². The van der Waals surface area contributed by atoms with E-state index in [-0.39, 0.29) is 44.2 Å². The smallest absolute Gasteiger partial charge is 0.206 e. The molecule has 12 rings (SSSR count). The molecule has 0 amide bonds. The number of benzene rings is 9. The summed E-state index contributed by atoms with van der Waals surface area (Å²) < 4.78 is 54.3. The molecule has 0 fully saturated rings. The summed E-state index contributed by atoms with van der Waals surface area (Å²) in [6.45, 7) is 26.4. The Labute approximate surface area is 499 Å². The van der Waals surface area contributed by atoms with Crippen LogP contribution in [0.3, 0.4) is 0 Å². The van der Waals surface area contributed by atoms with Crippen LogP contribution in [0.2, 0.25) is 0 Å². The van der Waals surface area contributed by atoms with E-state index in [2.05, 4.69) is 217 Å². The van der Waals surface area contributed by atoms with E-state index in [1.807, 2.05) is 36.4 Å². The zero-order valence-electron chi connectivity index (χ0n) is 50.9. The molecule has 2 unspecified atom stereocenters. The molecule has 3 aliphatic carbocycles. The van der Waals surface area contributed by atoms with E-state index >= 15 is 0 Å². The van der Waals surface area contributed by atoms with Gasteiger partial charge in [0.05, 0.1) is 9.79 Å². The number of sulfone groups is 1. The van der Waals surface area contributed by atoms with E-state index in [1.54, 1.807) is 36.4 Å². The highest BCUT2D eigenvalue weighted by atomic mass is 32.2. The Bertz CT molecular complexity index is 3870. The van der Waals surface area contributed by atoms with Gasteiger partial charge in [-0.2, -0.15) is 0 Å². The summed E-state index contributed by atoms with van der Waals surface area (Å²) in [4.78, 5) is 0.434. The van der Waals surface area contributed by atoms with Gasteiger partial charge in [0.25, 0.3) is 0 Å². The minimum Gasteiger partial charge on any atom is -0.490 e. The summed E-state index contributed by atoms with van der Waals surface area (Å²) in [5, 5.41) is 0. The first kappa shape index (κ1) is 57.9. The van der Waals surface area contributed by atoms with Crippen LogP contribution in [0.4, 0.5) is 0 Å². The maximum absolute atomic E-state index is 14.1. The fourth-order valence-electron chi connectivity index (χ4n) is 12.9. The molecule has 9 aromatic carbocycles. The average Bonchev–Trinajstić information content (AvgIpc) is 0.828. The minimum atomic E-state index is -3.81. The lowest BCUT2D eigenvalue weighted by Gasteiger charge is -2.44. The summed E-state index contributed by atoms with van der Waals surface area (Å²) in [7, 11) is -3.81. The molecule has 6 nitrogen and oxygen atoms in total. The molecule has 3 aliphatic rings. The van der Waals surface area contributed by atoms with Crippen molar-refractivity contribution in [1.82, 2.24) is 0 Å². The zero-order valence-corrected chi connectivity index (χ0v) is 51.7. The molecule has 7 heteroatoms. The summed E-state index contributed by atoms with van der Waals surface area (Å²) in [6.07, 6.45) is 2.30. The Morgan fingerprint density at radius 3 is 1.21 bits per heavy atom. The van der Waals surface area contributed by atoms with Gasteiger partial charge in [0, 0.05) is 33.6 Å². The van der Waals surface area contributed by atoms with Crippen molar-refractivity contribution in [2.24, 2.45) is 0 Å². The number of ether oxygens (including phenoxy) is 4. The van der Waals surface area contributed by atoms with Gasteiger partial charge in [-0.15, -0.1) is 0 Å². The van der Waals surface area contributed by atoms with Crippen LogP contribution in [0.15, 0.2) is 216 Å². The van der Waals surface area contributed by atoms with Crippen molar-refractivity contribution in [2.75, 3.05) is 0 Å². The van der Waals surface area contributed by atoms with Crippen LogP contribution in [0, 0.1) is 0 Å². The molecule has 0 spiro atoms. The lowest BCUT2D eigenvalue weighted by Crippen LogP contribution is -2.40. The van der Waals surface area contributed by atoms with Crippen LogP contribution in [0.1, 0.15) is 187 Å². The fraction of sp³-hybridized carbons (Fsp3) is 0.299. The van der Waals surface area contributed by atoms with E-state index in [4.69, 9.17) is 18.9 Å². The second kappa shape index (κ2) is 22.6. The minimum absolute atomic E-state index is 0.113. The van der Waals surface area contributed by atoms with Crippen molar-refractivity contribution in [1.29, 1.82) is 0 Å². The molecule has 2 atom stereocenters. The third-order valence-electron chi connectivity index (χ3n) is 18.8. The SMILES string of the molecule is CCC(Oc1ccc(C(C)(C)c2ccc(Oc3ccc(C(C)C)c4c3C3c5ccccc5C4c4ccccc43)cc2)cc1)C(C)(CC)c1ccc(S(=O)(=O)c2ccc(Oc3ccc(C(C)(C)c4ccc(OC(C)(C)CC)cc4)cc3)cc2)cc1. The molecule has 0 radical (unpaired) electrons. The maximum atomic E-state index is 14.1. The molecule has 0 heterocycles. The van der Waals surface area contributed by atoms with Crippen molar-refractivity contribution in [3.63, 3.8) is 0 Å². The first-order chi connectivity index (χ1) is 40.2. The fourth-order valence-corrected chi connectivity index (χ4v) is 14.2. The summed E-state index contributed by atoms with van der Waals surface area (Å²) in [5.74, 6) is 5.28. The standard InChI is InChI=1S/C77H80O6S/c1-13-69(77(12,15-3)55-32-44-61(45-33-55)84(78,79)62-46-42-57(43-47-62)80-56-34-24-51(25-35-56)76(10,11)54-30-40-60(41-31-54)83-74(6,7)14-2)82-59-38-28-53(29-39-59)75(8,9)52-26-36-58(37-27-52)81-68-49-48-63(50(4)5)72-70-64-20-16-18-22-66(64)71(73(68)72)67-23-19-17-21-65(67)70/h16-50,69-71H,13-15H2,1-12H3. The van der Waals surface area contributed by atoms with Crippen LogP contribution in [0.5, 0.6) is 34.5 Å². The first-order valence-electron chi connectivity index (χ1n) is 30.1. The maximum Gasteiger partial charge on any atom is 0.206 e. The summed E-state index contributed by atoms with van der Waals surface area (Å²) >= 11 is 0. The molecule has 84 heavy (non-hydrogen) atoms. The highest BCUT2D eigenvalue weighted by Gasteiger charge is 2.44. The van der Waals surface area contributed by atoms with Crippen molar-refractivity contribution in [3.8, 4) is 34.5 Å². The van der Waals surface area contributed by atoms with Gasteiger partial charge in [0.15, 0.2) is 0 Å². The predicted octanol–water partition coefficient (Wildman–Crippen LogP) is 20.0. The molecule has 2 bridgehead atoms. The summed E-state index contributed by atoms with van der Waals surface area (Å²) in [6, 6.07) is 70.0. The second-order valence-corrected chi connectivity index (χ2v) is 27.3. The summed E-state index contributed by atoms with van der Waals surface area (Å²) in [5.41, 5.74) is 14.2. The van der Waals surface area contributed by atoms with Gasteiger partial charge < -0.3 is 18.9 Å². The van der Waals surface area contributed by atoms with Crippen molar-refractivity contribution >= 4 is 9.84 Å². The normalized spacial score (nSPS) is 15.8. The zero-order chi connectivity index (χ0) is 59.3. The van der Waals surface area contributed by atoms with Crippen LogP contribution in [-0.4, -0.2) is 20.1 Å². The monoisotopic (exact) mass is 1130 g/mol. The Morgan fingerprint density at radius 1 is 0.417 bits per heavy atom. The van der Waals surface area contributed by atoms with Crippen molar-refractivity contribution < 1.29 is 27.4 Å². The van der Waals surface area contributed by atoms with E-state index in [0.29, 0.717) is 17.4 Å². The van der Waals surface area contributed by atoms with Gasteiger partial charge in [0.1, 0.15) is 46.2 Å². The number of hydrogen-bond acceptors (Lipinski definition) is 6. The molecule has 9 aromatic rings. The topological polar surface area (TPSA) is 71.1 Å². The average molecular weight is 1130 g/mol. The van der Waals surface area contributed by atoms with Crippen LogP contribution < -0.4 is 18.9 Å². The Hall–Kier alpha value is -7.87. The van der Waals surface area contributed by atoms with Crippen molar-refractivity contribution in [2.45, 2.75) is 158 Å². The number of hydrogen-bond donors (Lipinski definition) is 0. The lowest BCUT2D eigenvalue weighted by molar-refractivity contribution is 0.105. The molecular weight excluding hydrogens is 1050 g/mol. The Morgan fingerprint density at radius 2 is 0.798 bits per heavy atom. The lowest BCUT2D eigenvalue weighted by atomic mass is 9.59. The van der Waals surface area contributed by atoms with Crippen molar-refractivity contribution in [3.05, 3.63) is 273 Å². The molecule has 430 valence electrons. The second-order valence-electron chi connectivity index (χ2n) is 25.3. The molecule has 0 saturated carbocycles. The highest BCUT2D eigenvalue weighted by molar-refractivity contribution is 7.91. The molecule has 0 N–H and O–H groups in total. The Balaban J connectivity index is 0.729. The third kappa shape index (κ3) is 10.7. The van der Waals surface area contributed by atoms with Crippen LogP contribution in [-0.2, 0) is 26.1 Å². The van der Waals surface area contributed by atoms with Crippen LogP contribution in [0.25, 0.3) is 0 Å². The van der Waals surface area contributed by atoms with Gasteiger partial charge in [-0.1, -0.05) is 184 Å². The van der Waals surface area contributed by atoms with E-state index < -0.39 is 15.3 Å². The molecule has 0 aliphatic heterocycles. The molecule has 0 saturated heterocycles. The Kier molecular flexibility index (Phi) is 15.6. The van der Waals surface area contributed by atoms with Gasteiger partial charge in [-0.05, 0) is 191 Å². The largest absolute Gasteiger partial charge is 0.490 e. The van der Waals surface area contributed by atoms with Gasteiger partial charge in [-0.3, -0.25) is 0 Å². The van der Waals surface area contributed by atoms with E-state index in [9.17, 15) is 8.42 Å². The quantitative estimate of drug-likeness (QED) is 0.0757. The van der Waals surface area contributed by atoms with E-state index in [0.717, 1.165) is 53.4 Å².